The van der Waals surface area contributed by atoms with Crippen LogP contribution in [0.4, 0.5) is 19.0 Å². The number of benzene rings is 1. The quantitative estimate of drug-likeness (QED) is 0.597. The van der Waals surface area contributed by atoms with Gasteiger partial charge in [0.2, 0.25) is 5.91 Å². The number of alkyl halides is 2. The highest BCUT2D eigenvalue weighted by atomic mass is 19.3. The van der Waals surface area contributed by atoms with E-state index in [9.17, 15) is 22.8 Å². The summed E-state index contributed by atoms with van der Waals surface area (Å²) in [6.07, 6.45) is -0.664. The number of likely N-dealkylation sites (tertiary alicyclic amines) is 1. The predicted octanol–water partition coefficient (Wildman–Crippen LogP) is 4.32. The van der Waals surface area contributed by atoms with E-state index in [1.807, 2.05) is 6.92 Å². The molecule has 3 aromatic rings. The number of pyridine rings is 1. The van der Waals surface area contributed by atoms with E-state index in [0.717, 1.165) is 6.07 Å². The van der Waals surface area contributed by atoms with Gasteiger partial charge in [0.25, 0.3) is 12.0 Å². The fourth-order valence-corrected chi connectivity index (χ4v) is 4.52. The molecule has 3 heterocycles. The van der Waals surface area contributed by atoms with Crippen molar-refractivity contribution in [3.63, 3.8) is 0 Å². The van der Waals surface area contributed by atoms with Crippen LogP contribution in [0.3, 0.4) is 0 Å². The van der Waals surface area contributed by atoms with Gasteiger partial charge >= 0.3 is 0 Å². The van der Waals surface area contributed by atoms with Crippen LogP contribution in [0.1, 0.15) is 56.6 Å². The van der Waals surface area contributed by atoms with Crippen molar-refractivity contribution in [1.29, 1.82) is 0 Å². The van der Waals surface area contributed by atoms with E-state index in [4.69, 9.17) is 0 Å². The summed E-state index contributed by atoms with van der Waals surface area (Å²) >= 11 is 0. The van der Waals surface area contributed by atoms with Gasteiger partial charge in [0.05, 0.1) is 28.0 Å². The Hall–Kier alpha value is -3.43. The minimum atomic E-state index is -2.93. The zero-order valence-electron chi connectivity index (χ0n) is 19.4. The number of aromatic nitrogens is 3. The van der Waals surface area contributed by atoms with Crippen molar-refractivity contribution in [2.75, 3.05) is 18.4 Å². The van der Waals surface area contributed by atoms with Crippen LogP contribution in [0.25, 0.3) is 10.9 Å². The molecule has 2 atom stereocenters. The standard InChI is InChI=1S/C24H26F3N5O2/c1-13(16-6-5-7-17(21(16)25)22(26)27)28-23-18-11-32(20(34)10-19(18)29-14(2)30-23)24(4)8-9-31(12-24)15(3)33/h5-7,10-11,13,22H,8-9,12H2,1-4H3,(H,28,29,30)/t13-,24?/m1/s1. The molecule has 0 bridgehead atoms. The number of carbonyl (C=O) groups excluding carboxylic acids is 1. The Morgan fingerprint density at radius 2 is 1.94 bits per heavy atom. The lowest BCUT2D eigenvalue weighted by atomic mass is 10.0. The van der Waals surface area contributed by atoms with Crippen LogP contribution < -0.4 is 10.9 Å². The molecule has 0 saturated carbocycles. The van der Waals surface area contributed by atoms with E-state index in [1.165, 1.54) is 25.1 Å². The second kappa shape index (κ2) is 8.73. The molecule has 180 valence electrons. The van der Waals surface area contributed by atoms with Crippen molar-refractivity contribution in [1.82, 2.24) is 19.4 Å². The Morgan fingerprint density at radius 1 is 1.24 bits per heavy atom. The number of rotatable bonds is 5. The van der Waals surface area contributed by atoms with E-state index in [2.05, 4.69) is 15.3 Å². The Bertz CT molecular complexity index is 1330. The normalized spacial score (nSPS) is 19.1. The zero-order valence-corrected chi connectivity index (χ0v) is 19.4. The van der Waals surface area contributed by atoms with Crippen LogP contribution in [0.5, 0.6) is 0 Å². The first-order valence-corrected chi connectivity index (χ1v) is 11.0. The number of fused-ring (bicyclic) bond motifs is 1. The van der Waals surface area contributed by atoms with Gasteiger partial charge in [0, 0.05) is 37.8 Å². The first-order valence-electron chi connectivity index (χ1n) is 11.0. The SMILES string of the molecule is CC(=O)N1CCC(C)(n2cc3c(N[C@H](C)c4cccc(C(F)F)c4F)nc(C)nc3cc2=O)C1. The lowest BCUT2D eigenvalue weighted by Gasteiger charge is -2.28. The molecule has 0 spiro atoms. The third kappa shape index (κ3) is 4.24. The highest BCUT2D eigenvalue weighted by Gasteiger charge is 2.37. The molecule has 7 nitrogen and oxygen atoms in total. The van der Waals surface area contributed by atoms with Gasteiger partial charge in [-0.2, -0.15) is 0 Å². The second-order valence-corrected chi connectivity index (χ2v) is 9.00. The fraction of sp³-hybridized carbons (Fsp3) is 0.417. The van der Waals surface area contributed by atoms with Gasteiger partial charge < -0.3 is 14.8 Å². The Kier molecular flexibility index (Phi) is 6.09. The molecule has 2 aromatic heterocycles. The van der Waals surface area contributed by atoms with Gasteiger partial charge in [-0.05, 0) is 27.2 Å². The molecule has 4 rings (SSSR count). The predicted molar refractivity (Wildman–Crippen MR) is 122 cm³/mol. The van der Waals surface area contributed by atoms with Gasteiger partial charge in [-0.3, -0.25) is 9.59 Å². The summed E-state index contributed by atoms with van der Waals surface area (Å²) in [4.78, 5) is 35.3. The van der Waals surface area contributed by atoms with Crippen molar-refractivity contribution in [2.45, 2.75) is 52.1 Å². The van der Waals surface area contributed by atoms with Crippen molar-refractivity contribution in [3.05, 3.63) is 63.6 Å². The first kappa shape index (κ1) is 23.7. The van der Waals surface area contributed by atoms with Gasteiger partial charge in [-0.1, -0.05) is 18.2 Å². The summed E-state index contributed by atoms with van der Waals surface area (Å²) in [6, 6.07) is 4.62. The lowest BCUT2D eigenvalue weighted by molar-refractivity contribution is -0.128. The molecule has 1 aromatic carbocycles. The van der Waals surface area contributed by atoms with Crippen LogP contribution in [0.15, 0.2) is 35.3 Å². The first-order chi connectivity index (χ1) is 16.0. The van der Waals surface area contributed by atoms with E-state index in [0.29, 0.717) is 42.1 Å². The molecule has 1 aliphatic heterocycles. The number of nitrogens with zero attached hydrogens (tertiary/aromatic N) is 4. The average molecular weight is 473 g/mol. The number of aryl methyl sites for hydroxylation is 1. The number of carbonyl (C=O) groups is 1. The summed E-state index contributed by atoms with van der Waals surface area (Å²) in [5.41, 5.74) is -1.03. The molecular formula is C24H26F3N5O2. The van der Waals surface area contributed by atoms with Crippen molar-refractivity contribution >= 4 is 22.6 Å². The van der Waals surface area contributed by atoms with Crippen LogP contribution in [0, 0.1) is 12.7 Å². The van der Waals surface area contributed by atoms with E-state index in [1.54, 1.807) is 29.5 Å². The molecule has 34 heavy (non-hydrogen) atoms. The summed E-state index contributed by atoms with van der Waals surface area (Å²) in [6.45, 7) is 7.67. The third-order valence-electron chi connectivity index (χ3n) is 6.43. The van der Waals surface area contributed by atoms with Gasteiger partial charge in [0.1, 0.15) is 17.5 Å². The number of anilines is 1. The van der Waals surface area contributed by atoms with Crippen molar-refractivity contribution in [3.8, 4) is 0 Å². The molecule has 1 unspecified atom stereocenters. The molecule has 1 fully saturated rings. The third-order valence-corrected chi connectivity index (χ3v) is 6.43. The largest absolute Gasteiger partial charge is 0.363 e. The average Bonchev–Trinajstić information content (AvgIpc) is 3.16. The summed E-state index contributed by atoms with van der Waals surface area (Å²) in [5, 5.41) is 3.64. The Morgan fingerprint density at radius 3 is 2.59 bits per heavy atom. The fourth-order valence-electron chi connectivity index (χ4n) is 4.52. The van der Waals surface area contributed by atoms with Crippen LogP contribution in [-0.2, 0) is 10.3 Å². The summed E-state index contributed by atoms with van der Waals surface area (Å²) < 4.78 is 42.6. The molecule has 0 aliphatic carbocycles. The number of hydrogen-bond donors (Lipinski definition) is 1. The summed E-state index contributed by atoms with van der Waals surface area (Å²) in [5.74, 6) is -0.264. The van der Waals surface area contributed by atoms with Crippen LogP contribution in [-0.4, -0.2) is 38.4 Å². The van der Waals surface area contributed by atoms with E-state index >= 15 is 0 Å². The minimum Gasteiger partial charge on any atom is -0.363 e. The van der Waals surface area contributed by atoms with E-state index < -0.39 is 29.4 Å². The summed E-state index contributed by atoms with van der Waals surface area (Å²) in [7, 11) is 0. The molecular weight excluding hydrogens is 447 g/mol. The van der Waals surface area contributed by atoms with Crippen LogP contribution >= 0.6 is 0 Å². The maximum absolute atomic E-state index is 14.7. The van der Waals surface area contributed by atoms with Crippen molar-refractivity contribution < 1.29 is 18.0 Å². The van der Waals surface area contributed by atoms with Crippen LogP contribution in [0.2, 0.25) is 0 Å². The maximum atomic E-state index is 14.7. The molecule has 0 radical (unpaired) electrons. The molecule has 1 saturated heterocycles. The Balaban J connectivity index is 1.77. The number of hydrogen-bond acceptors (Lipinski definition) is 5. The topological polar surface area (TPSA) is 80.1 Å². The minimum absolute atomic E-state index is 0.0549. The number of amides is 1. The van der Waals surface area contributed by atoms with E-state index in [-0.39, 0.29) is 17.0 Å². The maximum Gasteiger partial charge on any atom is 0.266 e. The monoisotopic (exact) mass is 473 g/mol. The molecule has 1 aliphatic rings. The van der Waals surface area contributed by atoms with Gasteiger partial charge in [-0.15, -0.1) is 0 Å². The number of nitrogens with one attached hydrogen (secondary N) is 1. The highest BCUT2D eigenvalue weighted by molar-refractivity contribution is 5.88. The van der Waals surface area contributed by atoms with Crippen molar-refractivity contribution in [2.24, 2.45) is 0 Å². The molecule has 1 amide bonds. The number of halogens is 3. The zero-order chi connectivity index (χ0) is 24.8. The highest BCUT2D eigenvalue weighted by Crippen LogP contribution is 2.32. The second-order valence-electron chi connectivity index (χ2n) is 9.00. The van der Waals surface area contributed by atoms with Gasteiger partial charge in [-0.25, -0.2) is 23.1 Å². The Labute approximate surface area is 194 Å². The van der Waals surface area contributed by atoms with Gasteiger partial charge in [0.15, 0.2) is 0 Å². The molecule has 1 N–H and O–H groups in total. The lowest BCUT2D eigenvalue weighted by Crippen LogP contribution is -2.41. The molecule has 10 heteroatoms. The smallest absolute Gasteiger partial charge is 0.266 e.